The van der Waals surface area contributed by atoms with Crippen molar-refractivity contribution in [3.63, 3.8) is 0 Å². The minimum Gasteiger partial charge on any atom is -0.492 e. The lowest BCUT2D eigenvalue weighted by atomic mass is 10.0. The maximum atomic E-state index is 6.11. The van der Waals surface area contributed by atoms with Crippen LogP contribution >= 0.6 is 23.2 Å². The molecule has 1 atom stereocenters. The van der Waals surface area contributed by atoms with Crippen molar-refractivity contribution in [2.75, 3.05) is 13.7 Å². The van der Waals surface area contributed by atoms with Gasteiger partial charge in [-0.25, -0.2) is 0 Å². The number of halogens is 2. The number of hydrogen-bond donors (Lipinski definition) is 1. The molecule has 0 spiro atoms. The summed E-state index contributed by atoms with van der Waals surface area (Å²) in [6.45, 7) is 0.679. The van der Waals surface area contributed by atoms with Gasteiger partial charge in [-0.3, -0.25) is 0 Å². The normalized spacial score (nSPS) is 20.1. The molecule has 1 aromatic carbocycles. The van der Waals surface area contributed by atoms with Gasteiger partial charge in [0.05, 0.1) is 11.6 Å². The molecule has 4 heteroatoms. The molecule has 1 aliphatic heterocycles. The molecule has 1 aliphatic rings. The number of fused-ring (bicyclic) bond motifs is 1. The Labute approximate surface area is 93.2 Å². The van der Waals surface area contributed by atoms with E-state index in [1.807, 2.05) is 13.1 Å². The van der Waals surface area contributed by atoms with E-state index in [1.54, 1.807) is 6.07 Å². The van der Waals surface area contributed by atoms with Gasteiger partial charge in [0, 0.05) is 23.0 Å². The van der Waals surface area contributed by atoms with Crippen LogP contribution in [0.5, 0.6) is 5.75 Å². The molecule has 0 saturated heterocycles. The third-order valence-electron chi connectivity index (χ3n) is 2.44. The topological polar surface area (TPSA) is 21.3 Å². The Hall–Kier alpha value is -0.440. The standard InChI is InChI=1S/C10H11Cl2NO/c1-13-8-4-5-14-10-7(12)3-2-6(11)9(8)10/h2-3,8,13H,4-5H2,1H3. The summed E-state index contributed by atoms with van der Waals surface area (Å²) in [4.78, 5) is 0. The largest absolute Gasteiger partial charge is 0.492 e. The molecule has 1 unspecified atom stereocenters. The van der Waals surface area contributed by atoms with Crippen LogP contribution in [0.2, 0.25) is 10.0 Å². The van der Waals surface area contributed by atoms with Crippen LogP contribution in [0, 0.1) is 0 Å². The van der Waals surface area contributed by atoms with Crippen LogP contribution in [0.25, 0.3) is 0 Å². The molecular weight excluding hydrogens is 221 g/mol. The van der Waals surface area contributed by atoms with Crippen LogP contribution < -0.4 is 10.1 Å². The van der Waals surface area contributed by atoms with Gasteiger partial charge in [0.2, 0.25) is 0 Å². The zero-order valence-electron chi connectivity index (χ0n) is 7.81. The third-order valence-corrected chi connectivity index (χ3v) is 3.07. The van der Waals surface area contributed by atoms with E-state index in [4.69, 9.17) is 27.9 Å². The first-order chi connectivity index (χ1) is 6.74. The lowest BCUT2D eigenvalue weighted by Crippen LogP contribution is -2.24. The predicted octanol–water partition coefficient (Wildman–Crippen LogP) is 3.04. The molecule has 1 N–H and O–H groups in total. The summed E-state index contributed by atoms with van der Waals surface area (Å²) in [7, 11) is 1.91. The first kappa shape index (κ1) is 10.1. The quantitative estimate of drug-likeness (QED) is 0.803. The summed E-state index contributed by atoms with van der Waals surface area (Å²) in [6, 6.07) is 3.81. The maximum Gasteiger partial charge on any atom is 0.144 e. The highest BCUT2D eigenvalue weighted by atomic mass is 35.5. The van der Waals surface area contributed by atoms with Gasteiger partial charge >= 0.3 is 0 Å². The van der Waals surface area contributed by atoms with Crippen molar-refractivity contribution >= 4 is 23.2 Å². The molecule has 0 saturated carbocycles. The zero-order chi connectivity index (χ0) is 10.1. The lowest BCUT2D eigenvalue weighted by molar-refractivity contribution is 0.258. The maximum absolute atomic E-state index is 6.11. The van der Waals surface area contributed by atoms with Crippen LogP contribution in [0.4, 0.5) is 0 Å². The van der Waals surface area contributed by atoms with Crippen LogP contribution in [0.15, 0.2) is 12.1 Å². The van der Waals surface area contributed by atoms with Gasteiger partial charge in [0.1, 0.15) is 5.75 Å². The Morgan fingerprint density at radius 2 is 2.07 bits per heavy atom. The van der Waals surface area contributed by atoms with Gasteiger partial charge in [-0.15, -0.1) is 0 Å². The summed E-state index contributed by atoms with van der Waals surface area (Å²) < 4.78 is 5.51. The smallest absolute Gasteiger partial charge is 0.144 e. The molecule has 0 aliphatic carbocycles. The van der Waals surface area contributed by atoms with E-state index in [1.165, 1.54) is 0 Å². The minimum absolute atomic E-state index is 0.241. The molecule has 0 fully saturated rings. The second-order valence-electron chi connectivity index (χ2n) is 3.25. The first-order valence-corrected chi connectivity index (χ1v) is 5.27. The minimum atomic E-state index is 0.241. The highest BCUT2D eigenvalue weighted by Crippen LogP contribution is 2.41. The van der Waals surface area contributed by atoms with Gasteiger partial charge in [-0.2, -0.15) is 0 Å². The van der Waals surface area contributed by atoms with E-state index >= 15 is 0 Å². The average molecular weight is 232 g/mol. The van der Waals surface area contributed by atoms with E-state index in [9.17, 15) is 0 Å². The van der Waals surface area contributed by atoms with E-state index in [2.05, 4.69) is 5.32 Å². The van der Waals surface area contributed by atoms with E-state index in [-0.39, 0.29) is 6.04 Å². The number of rotatable bonds is 1. The first-order valence-electron chi connectivity index (χ1n) is 4.52. The average Bonchev–Trinajstić information content (AvgIpc) is 2.23. The number of benzene rings is 1. The molecule has 2 rings (SSSR count). The van der Waals surface area contributed by atoms with Gasteiger partial charge in [-0.1, -0.05) is 23.2 Å². The molecule has 76 valence electrons. The fourth-order valence-corrected chi connectivity index (χ4v) is 2.23. The van der Waals surface area contributed by atoms with Crippen molar-refractivity contribution in [2.45, 2.75) is 12.5 Å². The zero-order valence-corrected chi connectivity index (χ0v) is 9.32. The van der Waals surface area contributed by atoms with Gasteiger partial charge in [0.15, 0.2) is 0 Å². The summed E-state index contributed by atoms with van der Waals surface area (Å²) in [5.74, 6) is 0.727. The Morgan fingerprint density at radius 3 is 2.79 bits per heavy atom. The fourth-order valence-electron chi connectivity index (χ4n) is 1.73. The third kappa shape index (κ3) is 1.58. The van der Waals surface area contributed by atoms with E-state index < -0.39 is 0 Å². The van der Waals surface area contributed by atoms with Crippen molar-refractivity contribution in [3.05, 3.63) is 27.7 Å². The summed E-state index contributed by atoms with van der Waals surface area (Å²) in [5, 5.41) is 4.55. The van der Waals surface area contributed by atoms with E-state index in [0.29, 0.717) is 16.7 Å². The number of hydrogen-bond acceptors (Lipinski definition) is 2. The second kappa shape index (κ2) is 3.97. The van der Waals surface area contributed by atoms with Crippen molar-refractivity contribution in [1.29, 1.82) is 0 Å². The molecule has 1 heterocycles. The second-order valence-corrected chi connectivity index (χ2v) is 4.06. The molecule has 0 amide bonds. The highest BCUT2D eigenvalue weighted by molar-refractivity contribution is 6.35. The molecular formula is C10H11Cl2NO. The molecule has 1 aromatic rings. The number of ether oxygens (including phenoxy) is 1. The SMILES string of the molecule is CNC1CCOc2c(Cl)ccc(Cl)c21. The fraction of sp³-hybridized carbons (Fsp3) is 0.400. The summed E-state index contributed by atoms with van der Waals surface area (Å²) >= 11 is 12.1. The number of nitrogens with one attached hydrogen (secondary N) is 1. The Morgan fingerprint density at radius 1 is 1.36 bits per heavy atom. The van der Waals surface area contributed by atoms with E-state index in [0.717, 1.165) is 17.7 Å². The molecule has 0 radical (unpaired) electrons. The van der Waals surface area contributed by atoms with Crippen molar-refractivity contribution in [3.8, 4) is 5.75 Å². The Balaban J connectivity index is 2.55. The molecule has 2 nitrogen and oxygen atoms in total. The van der Waals surface area contributed by atoms with Crippen LogP contribution in [0.1, 0.15) is 18.0 Å². The summed E-state index contributed by atoms with van der Waals surface area (Å²) in [6.07, 6.45) is 0.920. The lowest BCUT2D eigenvalue weighted by Gasteiger charge is -2.27. The van der Waals surface area contributed by atoms with Gasteiger partial charge in [0.25, 0.3) is 0 Å². The molecule has 0 bridgehead atoms. The van der Waals surface area contributed by atoms with Gasteiger partial charge < -0.3 is 10.1 Å². The van der Waals surface area contributed by atoms with Crippen LogP contribution in [-0.2, 0) is 0 Å². The predicted molar refractivity (Wildman–Crippen MR) is 58.4 cm³/mol. The van der Waals surface area contributed by atoms with Crippen LogP contribution in [-0.4, -0.2) is 13.7 Å². The molecule has 0 aromatic heterocycles. The Kier molecular flexibility index (Phi) is 2.86. The highest BCUT2D eigenvalue weighted by Gasteiger charge is 2.24. The van der Waals surface area contributed by atoms with Crippen molar-refractivity contribution < 1.29 is 4.74 Å². The Bertz CT molecular complexity index is 354. The monoisotopic (exact) mass is 231 g/mol. The van der Waals surface area contributed by atoms with Crippen molar-refractivity contribution in [2.24, 2.45) is 0 Å². The van der Waals surface area contributed by atoms with Crippen LogP contribution in [0.3, 0.4) is 0 Å². The summed E-state index contributed by atoms with van der Waals surface area (Å²) in [5.41, 5.74) is 0.980. The van der Waals surface area contributed by atoms with Crippen molar-refractivity contribution in [1.82, 2.24) is 5.32 Å². The van der Waals surface area contributed by atoms with Gasteiger partial charge in [-0.05, 0) is 19.2 Å². The molecule has 14 heavy (non-hydrogen) atoms.